The van der Waals surface area contributed by atoms with Crippen LogP contribution in [-0.4, -0.2) is 18.3 Å². The standard InChI is InChI=1S/C3H5BrNO/c4-1-2-5-3-6/h1-2H2,(H,5,6). The van der Waals surface area contributed by atoms with E-state index in [1.165, 1.54) is 6.41 Å². The summed E-state index contributed by atoms with van der Waals surface area (Å²) in [6.07, 6.45) is 1.54. The summed E-state index contributed by atoms with van der Waals surface area (Å²) < 4.78 is 0. The number of hydrogen-bond acceptors (Lipinski definition) is 1. The molecule has 0 bridgehead atoms. The Kier molecular flexibility index (Phi) is 4.91. The van der Waals surface area contributed by atoms with Gasteiger partial charge in [0.25, 0.3) is 0 Å². The molecule has 2 nitrogen and oxygen atoms in total. The Morgan fingerprint density at radius 2 is 2.50 bits per heavy atom. The molecular formula is C3H5BrNO. The summed E-state index contributed by atoms with van der Waals surface area (Å²) in [5.41, 5.74) is 0. The Morgan fingerprint density at radius 3 is 2.67 bits per heavy atom. The highest BCUT2D eigenvalue weighted by molar-refractivity contribution is 9.09. The quantitative estimate of drug-likeness (QED) is 0.344. The van der Waals surface area contributed by atoms with Gasteiger partial charge < -0.3 is 5.32 Å². The molecule has 1 radical (unpaired) electrons. The molecule has 0 atom stereocenters. The number of carbonyl (C=O) groups excluding carboxylic acids is 1. The van der Waals surface area contributed by atoms with E-state index in [1.807, 2.05) is 0 Å². The molecule has 0 heterocycles. The van der Waals surface area contributed by atoms with Crippen LogP contribution in [0.1, 0.15) is 0 Å². The summed E-state index contributed by atoms with van der Waals surface area (Å²) in [5.74, 6) is 0. The fourth-order valence-corrected chi connectivity index (χ4v) is 0.297. The van der Waals surface area contributed by atoms with Crippen LogP contribution in [0.4, 0.5) is 0 Å². The number of rotatable bonds is 3. The second kappa shape index (κ2) is 4.95. The molecule has 0 aromatic heterocycles. The van der Waals surface area contributed by atoms with Crippen molar-refractivity contribution >= 4 is 22.3 Å². The van der Waals surface area contributed by atoms with E-state index in [1.54, 1.807) is 0 Å². The fraction of sp³-hybridized carbons (Fsp3) is 0.667. The summed E-state index contributed by atoms with van der Waals surface area (Å²) in [6, 6.07) is 0. The summed E-state index contributed by atoms with van der Waals surface area (Å²) in [4.78, 5) is 9.31. The van der Waals surface area contributed by atoms with Gasteiger partial charge in [-0.3, -0.25) is 4.79 Å². The first-order valence-electron chi connectivity index (χ1n) is 1.57. The molecule has 0 aliphatic carbocycles. The Bertz CT molecular complexity index is 39.8. The lowest BCUT2D eigenvalue weighted by molar-refractivity contribution is 0.544. The first-order valence-corrected chi connectivity index (χ1v) is 2.70. The van der Waals surface area contributed by atoms with Crippen LogP contribution < -0.4 is 5.32 Å². The van der Waals surface area contributed by atoms with Gasteiger partial charge in [-0.15, -0.1) is 0 Å². The average molecular weight is 151 g/mol. The van der Waals surface area contributed by atoms with Crippen molar-refractivity contribution < 1.29 is 4.79 Å². The molecule has 0 aliphatic heterocycles. The zero-order valence-corrected chi connectivity index (χ0v) is 4.79. The minimum absolute atomic E-state index is 0.656. The van der Waals surface area contributed by atoms with Crippen LogP contribution in [0.2, 0.25) is 0 Å². The molecule has 6 heavy (non-hydrogen) atoms. The molecule has 3 heteroatoms. The lowest BCUT2D eigenvalue weighted by atomic mass is 10.8. The second-order valence-corrected chi connectivity index (χ2v) is 1.51. The molecule has 1 N–H and O–H groups in total. The van der Waals surface area contributed by atoms with E-state index in [2.05, 4.69) is 21.2 Å². The third-order valence-electron chi connectivity index (χ3n) is 0.292. The van der Waals surface area contributed by atoms with Crippen molar-refractivity contribution in [1.29, 1.82) is 0 Å². The Balaban J connectivity index is 2.49. The van der Waals surface area contributed by atoms with Crippen LogP contribution in [-0.2, 0) is 4.79 Å². The van der Waals surface area contributed by atoms with Gasteiger partial charge in [0.1, 0.15) is 0 Å². The molecule has 0 aromatic carbocycles. The van der Waals surface area contributed by atoms with Gasteiger partial charge in [0, 0.05) is 11.9 Å². The van der Waals surface area contributed by atoms with Gasteiger partial charge in [0.05, 0.1) is 0 Å². The highest BCUT2D eigenvalue weighted by Crippen LogP contribution is 1.70. The summed E-state index contributed by atoms with van der Waals surface area (Å²) in [7, 11) is 0. The summed E-state index contributed by atoms with van der Waals surface area (Å²) in [5, 5.41) is 3.14. The van der Waals surface area contributed by atoms with E-state index in [-0.39, 0.29) is 0 Å². The van der Waals surface area contributed by atoms with Gasteiger partial charge in [0.2, 0.25) is 0 Å². The molecule has 0 rings (SSSR count). The molecule has 0 fully saturated rings. The molecule has 0 spiro atoms. The van der Waals surface area contributed by atoms with Gasteiger partial charge in [-0.05, 0) is 0 Å². The first kappa shape index (κ1) is 5.95. The van der Waals surface area contributed by atoms with Gasteiger partial charge in [-0.1, -0.05) is 15.9 Å². The van der Waals surface area contributed by atoms with Crippen molar-refractivity contribution in [3.8, 4) is 0 Å². The minimum atomic E-state index is 0.656. The normalized spacial score (nSPS) is 7.50. The van der Waals surface area contributed by atoms with Gasteiger partial charge in [-0.25, -0.2) is 0 Å². The second-order valence-electron chi connectivity index (χ2n) is 0.718. The number of halogens is 1. The van der Waals surface area contributed by atoms with Crippen molar-refractivity contribution in [2.24, 2.45) is 0 Å². The van der Waals surface area contributed by atoms with E-state index >= 15 is 0 Å². The molecule has 0 aromatic rings. The summed E-state index contributed by atoms with van der Waals surface area (Å²) in [6.45, 7) is 0.656. The van der Waals surface area contributed by atoms with Gasteiger partial charge in [-0.2, -0.15) is 0 Å². The van der Waals surface area contributed by atoms with E-state index < -0.39 is 0 Å². The SMILES string of the molecule is O=[C]NCCBr. The lowest BCUT2D eigenvalue weighted by Crippen LogP contribution is -2.12. The Labute approximate surface area is 45.0 Å². The van der Waals surface area contributed by atoms with Crippen molar-refractivity contribution in [2.75, 3.05) is 11.9 Å². The fourth-order valence-electron chi connectivity index (χ4n) is 0.0983. The van der Waals surface area contributed by atoms with Crippen LogP contribution >= 0.6 is 15.9 Å². The van der Waals surface area contributed by atoms with Crippen molar-refractivity contribution in [3.05, 3.63) is 0 Å². The van der Waals surface area contributed by atoms with E-state index in [4.69, 9.17) is 0 Å². The molecule has 0 aliphatic rings. The number of alkyl halides is 1. The maximum absolute atomic E-state index is 9.31. The zero-order chi connectivity index (χ0) is 4.83. The first-order chi connectivity index (χ1) is 2.91. The van der Waals surface area contributed by atoms with Crippen molar-refractivity contribution in [1.82, 2.24) is 5.32 Å². The number of amides is 1. The van der Waals surface area contributed by atoms with Gasteiger partial charge >= 0.3 is 6.41 Å². The Morgan fingerprint density at radius 1 is 1.83 bits per heavy atom. The zero-order valence-electron chi connectivity index (χ0n) is 3.20. The number of hydrogen-bond donors (Lipinski definition) is 1. The van der Waals surface area contributed by atoms with E-state index in [9.17, 15) is 4.79 Å². The molecule has 35 valence electrons. The molecule has 0 saturated heterocycles. The van der Waals surface area contributed by atoms with Gasteiger partial charge in [0.15, 0.2) is 0 Å². The average Bonchev–Trinajstić information content (AvgIpc) is 1.61. The highest BCUT2D eigenvalue weighted by Gasteiger charge is 1.73. The van der Waals surface area contributed by atoms with Crippen LogP contribution in [0.3, 0.4) is 0 Å². The predicted molar refractivity (Wildman–Crippen MR) is 27.5 cm³/mol. The third kappa shape index (κ3) is 3.95. The minimum Gasteiger partial charge on any atom is -0.347 e. The summed E-state index contributed by atoms with van der Waals surface area (Å²) >= 11 is 3.11. The predicted octanol–water partition coefficient (Wildman–Crippen LogP) is 0.0381. The van der Waals surface area contributed by atoms with Crippen molar-refractivity contribution in [3.63, 3.8) is 0 Å². The largest absolute Gasteiger partial charge is 0.347 e. The topological polar surface area (TPSA) is 29.1 Å². The molecular weight excluding hydrogens is 146 g/mol. The maximum atomic E-state index is 9.31. The van der Waals surface area contributed by atoms with Crippen LogP contribution in [0.5, 0.6) is 0 Å². The Hall–Kier alpha value is -0.0500. The van der Waals surface area contributed by atoms with Crippen LogP contribution in [0, 0.1) is 0 Å². The molecule has 0 unspecified atom stereocenters. The van der Waals surface area contributed by atoms with E-state index in [0.717, 1.165) is 5.33 Å². The smallest absolute Gasteiger partial charge is 0.309 e. The molecule has 0 saturated carbocycles. The monoisotopic (exact) mass is 150 g/mol. The van der Waals surface area contributed by atoms with Crippen LogP contribution in [0.15, 0.2) is 0 Å². The van der Waals surface area contributed by atoms with E-state index in [0.29, 0.717) is 6.54 Å². The van der Waals surface area contributed by atoms with Crippen molar-refractivity contribution in [2.45, 2.75) is 0 Å². The van der Waals surface area contributed by atoms with Crippen LogP contribution in [0.25, 0.3) is 0 Å². The maximum Gasteiger partial charge on any atom is 0.309 e. The highest BCUT2D eigenvalue weighted by atomic mass is 79.9. The third-order valence-corrected chi connectivity index (χ3v) is 0.688. The number of nitrogens with one attached hydrogen (secondary N) is 1. The lowest BCUT2D eigenvalue weighted by Gasteiger charge is -1.83. The molecule has 1 amide bonds.